The van der Waals surface area contributed by atoms with E-state index in [4.69, 9.17) is 0 Å². The summed E-state index contributed by atoms with van der Waals surface area (Å²) in [5.74, 6) is 0. The predicted octanol–water partition coefficient (Wildman–Crippen LogP) is 1.86. The molecule has 0 aliphatic heterocycles. The van der Waals surface area contributed by atoms with Gasteiger partial charge < -0.3 is 5.32 Å². The predicted molar refractivity (Wildman–Crippen MR) is 74.3 cm³/mol. The van der Waals surface area contributed by atoms with Crippen LogP contribution in [0.4, 0.5) is 0 Å². The Hall–Kier alpha value is -0.940. The zero-order chi connectivity index (χ0) is 14.0. The van der Waals surface area contributed by atoms with Crippen LogP contribution >= 0.6 is 0 Å². The van der Waals surface area contributed by atoms with E-state index in [1.807, 2.05) is 19.9 Å². The summed E-state index contributed by atoms with van der Waals surface area (Å²) in [4.78, 5) is 4.11. The Morgan fingerprint density at radius 3 is 2.50 bits per heavy atom. The van der Waals surface area contributed by atoms with Crippen molar-refractivity contribution in [2.45, 2.75) is 38.5 Å². The topological polar surface area (TPSA) is 59.1 Å². The molecule has 0 radical (unpaired) electrons. The lowest BCUT2D eigenvalue weighted by molar-refractivity contribution is 0.426. The molecule has 1 aromatic heterocycles. The molecule has 5 heteroatoms. The lowest BCUT2D eigenvalue weighted by atomic mass is 9.93. The van der Waals surface area contributed by atoms with Crippen molar-refractivity contribution in [3.63, 3.8) is 0 Å². The number of rotatable bonds is 5. The highest BCUT2D eigenvalue weighted by molar-refractivity contribution is 7.92. The molecule has 0 aromatic carbocycles. The van der Waals surface area contributed by atoms with Crippen LogP contribution in [0.3, 0.4) is 0 Å². The van der Waals surface area contributed by atoms with E-state index in [1.165, 1.54) is 6.26 Å². The van der Waals surface area contributed by atoms with Crippen molar-refractivity contribution in [1.29, 1.82) is 0 Å². The third-order valence-corrected chi connectivity index (χ3v) is 5.60. The number of pyridine rings is 1. The Morgan fingerprint density at radius 2 is 2.06 bits per heavy atom. The van der Waals surface area contributed by atoms with Crippen LogP contribution in [0.15, 0.2) is 18.5 Å². The van der Waals surface area contributed by atoms with E-state index in [0.717, 1.165) is 11.1 Å². The Balaban J connectivity index is 3.32. The minimum Gasteiger partial charge on any atom is -0.309 e. The van der Waals surface area contributed by atoms with Crippen molar-refractivity contribution >= 4 is 9.84 Å². The first-order valence-electron chi connectivity index (χ1n) is 6.05. The molecular weight excluding hydrogens is 248 g/mol. The van der Waals surface area contributed by atoms with Crippen LogP contribution < -0.4 is 5.32 Å². The molecule has 0 fully saturated rings. The summed E-state index contributed by atoms with van der Waals surface area (Å²) < 4.78 is 23.1. The standard InChI is InChI=1S/C13H22N2O2S/c1-6-15-12(13(3,4)18(5,16)17)11-9-14-8-7-10(11)2/h7-9,12,15H,6H2,1-5H3. The summed E-state index contributed by atoms with van der Waals surface area (Å²) in [6.45, 7) is 8.15. The molecule has 18 heavy (non-hydrogen) atoms. The number of hydrogen-bond acceptors (Lipinski definition) is 4. The fourth-order valence-corrected chi connectivity index (χ4v) is 2.57. The molecule has 0 saturated heterocycles. The molecule has 1 atom stereocenters. The van der Waals surface area contributed by atoms with Gasteiger partial charge in [-0.3, -0.25) is 4.98 Å². The summed E-state index contributed by atoms with van der Waals surface area (Å²) in [6.07, 6.45) is 4.74. The van der Waals surface area contributed by atoms with Crippen molar-refractivity contribution in [2.24, 2.45) is 0 Å². The molecule has 0 amide bonds. The van der Waals surface area contributed by atoms with E-state index in [2.05, 4.69) is 10.3 Å². The Morgan fingerprint density at radius 1 is 1.44 bits per heavy atom. The largest absolute Gasteiger partial charge is 0.309 e. The fraction of sp³-hybridized carbons (Fsp3) is 0.615. The maximum Gasteiger partial charge on any atom is 0.154 e. The van der Waals surface area contributed by atoms with Crippen molar-refractivity contribution in [2.75, 3.05) is 12.8 Å². The normalized spacial score (nSPS) is 14.5. The van der Waals surface area contributed by atoms with Crippen molar-refractivity contribution in [3.8, 4) is 0 Å². The van der Waals surface area contributed by atoms with Crippen molar-refractivity contribution < 1.29 is 8.42 Å². The minimum atomic E-state index is -3.18. The van der Waals surface area contributed by atoms with Crippen LogP contribution in [0.25, 0.3) is 0 Å². The first kappa shape index (κ1) is 15.1. The van der Waals surface area contributed by atoms with Gasteiger partial charge in [0.25, 0.3) is 0 Å². The summed E-state index contributed by atoms with van der Waals surface area (Å²) in [5, 5.41) is 3.27. The molecule has 0 aliphatic rings. The average Bonchev–Trinajstić information content (AvgIpc) is 2.25. The zero-order valence-electron chi connectivity index (χ0n) is 11.7. The fourth-order valence-electron chi connectivity index (χ4n) is 1.93. The number of nitrogens with zero attached hydrogens (tertiary/aromatic N) is 1. The molecule has 0 aliphatic carbocycles. The van der Waals surface area contributed by atoms with Gasteiger partial charge in [0.1, 0.15) is 0 Å². The molecule has 0 spiro atoms. The van der Waals surface area contributed by atoms with Gasteiger partial charge in [-0.1, -0.05) is 6.92 Å². The van der Waals surface area contributed by atoms with Crippen LogP contribution in [-0.4, -0.2) is 30.9 Å². The van der Waals surface area contributed by atoms with E-state index in [9.17, 15) is 8.42 Å². The second kappa shape index (κ2) is 5.36. The second-order valence-corrected chi connectivity index (χ2v) is 7.70. The maximum atomic E-state index is 12.0. The first-order valence-corrected chi connectivity index (χ1v) is 7.94. The number of sulfone groups is 1. The second-order valence-electron chi connectivity index (χ2n) is 5.10. The smallest absolute Gasteiger partial charge is 0.154 e. The highest BCUT2D eigenvalue weighted by Crippen LogP contribution is 2.33. The van der Waals surface area contributed by atoms with Crippen LogP contribution in [-0.2, 0) is 9.84 Å². The molecule has 1 rings (SSSR count). The summed E-state index contributed by atoms with van der Waals surface area (Å²) in [5.41, 5.74) is 1.99. The molecule has 1 N–H and O–H groups in total. The third kappa shape index (κ3) is 2.90. The lowest BCUT2D eigenvalue weighted by Crippen LogP contribution is -2.45. The SMILES string of the molecule is CCNC(c1cnccc1C)C(C)(C)S(C)(=O)=O. The lowest BCUT2D eigenvalue weighted by Gasteiger charge is -2.34. The molecule has 4 nitrogen and oxygen atoms in total. The molecule has 1 aromatic rings. The van der Waals surface area contributed by atoms with Crippen LogP contribution in [0.2, 0.25) is 0 Å². The van der Waals surface area contributed by atoms with E-state index in [1.54, 1.807) is 26.2 Å². The Labute approximate surface area is 110 Å². The van der Waals surface area contributed by atoms with E-state index in [0.29, 0.717) is 6.54 Å². The van der Waals surface area contributed by atoms with Gasteiger partial charge in [0.2, 0.25) is 0 Å². The molecule has 0 bridgehead atoms. The summed E-state index contributed by atoms with van der Waals surface area (Å²) in [6, 6.07) is 1.64. The molecule has 0 saturated carbocycles. The van der Waals surface area contributed by atoms with Gasteiger partial charge >= 0.3 is 0 Å². The molecule has 102 valence electrons. The highest BCUT2D eigenvalue weighted by Gasteiger charge is 2.40. The van der Waals surface area contributed by atoms with Crippen molar-refractivity contribution in [1.82, 2.24) is 10.3 Å². The summed E-state index contributed by atoms with van der Waals surface area (Å²) >= 11 is 0. The number of nitrogens with one attached hydrogen (secondary N) is 1. The maximum absolute atomic E-state index is 12.0. The third-order valence-electron chi connectivity index (χ3n) is 3.45. The van der Waals surface area contributed by atoms with Crippen LogP contribution in [0.1, 0.15) is 37.9 Å². The van der Waals surface area contributed by atoms with Crippen molar-refractivity contribution in [3.05, 3.63) is 29.6 Å². The minimum absolute atomic E-state index is 0.258. The monoisotopic (exact) mass is 270 g/mol. The Kier molecular flexibility index (Phi) is 4.50. The van der Waals surface area contributed by atoms with Gasteiger partial charge in [-0.15, -0.1) is 0 Å². The average molecular weight is 270 g/mol. The molecule has 1 heterocycles. The molecular formula is C13H22N2O2S. The number of aryl methyl sites for hydroxylation is 1. The van der Waals surface area contributed by atoms with Crippen LogP contribution in [0, 0.1) is 6.92 Å². The van der Waals surface area contributed by atoms with Gasteiger partial charge in [0.15, 0.2) is 9.84 Å². The summed E-state index contributed by atoms with van der Waals surface area (Å²) in [7, 11) is -3.18. The van der Waals surface area contributed by atoms with Gasteiger partial charge in [-0.2, -0.15) is 0 Å². The molecule has 1 unspecified atom stereocenters. The van der Waals surface area contributed by atoms with Gasteiger partial charge in [0, 0.05) is 18.6 Å². The van der Waals surface area contributed by atoms with E-state index >= 15 is 0 Å². The first-order chi connectivity index (χ1) is 8.21. The number of hydrogen-bond donors (Lipinski definition) is 1. The quantitative estimate of drug-likeness (QED) is 0.887. The zero-order valence-corrected chi connectivity index (χ0v) is 12.5. The number of aromatic nitrogens is 1. The van der Waals surface area contributed by atoms with Crippen LogP contribution in [0.5, 0.6) is 0 Å². The highest BCUT2D eigenvalue weighted by atomic mass is 32.2. The van der Waals surface area contributed by atoms with E-state index < -0.39 is 14.6 Å². The Bertz CT molecular complexity index is 509. The van der Waals surface area contributed by atoms with E-state index in [-0.39, 0.29) is 6.04 Å². The van der Waals surface area contributed by atoms with Gasteiger partial charge in [-0.25, -0.2) is 8.42 Å². The van der Waals surface area contributed by atoms with Gasteiger partial charge in [0.05, 0.1) is 10.8 Å². The van der Waals surface area contributed by atoms with Gasteiger partial charge in [-0.05, 0) is 44.5 Å².